The quantitative estimate of drug-likeness (QED) is 0.822. The molecule has 0 saturated carbocycles. The van der Waals surface area contributed by atoms with Crippen LogP contribution in [-0.4, -0.2) is 36.7 Å². The summed E-state index contributed by atoms with van der Waals surface area (Å²) in [7, 11) is 1.60. The summed E-state index contributed by atoms with van der Waals surface area (Å²) < 4.78 is 10.5. The maximum Gasteiger partial charge on any atom is 0.417 e. The largest absolute Gasteiger partial charge is 0.497 e. The number of aryl methyl sites for hydroxylation is 1. The van der Waals surface area contributed by atoms with Crippen LogP contribution >= 0.6 is 0 Å². The summed E-state index contributed by atoms with van der Waals surface area (Å²) in [4.78, 5) is 26.5. The zero-order valence-electron chi connectivity index (χ0n) is 15.3. The molecule has 0 unspecified atom stereocenters. The van der Waals surface area contributed by atoms with E-state index in [4.69, 9.17) is 9.47 Å². The Hall–Kier alpha value is -2.82. The average molecular weight is 353 g/mol. The van der Waals surface area contributed by atoms with Crippen molar-refractivity contribution >= 4 is 12.0 Å². The maximum atomic E-state index is 13.1. The van der Waals surface area contributed by atoms with E-state index >= 15 is 0 Å². The fourth-order valence-corrected chi connectivity index (χ4v) is 3.26. The minimum Gasteiger partial charge on any atom is -0.497 e. The summed E-state index contributed by atoms with van der Waals surface area (Å²) >= 11 is 0. The van der Waals surface area contributed by atoms with Gasteiger partial charge in [-0.3, -0.25) is 4.79 Å². The molecule has 1 heterocycles. The molecule has 2 aromatic carbocycles. The summed E-state index contributed by atoms with van der Waals surface area (Å²) in [5.74, 6) is -0.0155. The summed E-state index contributed by atoms with van der Waals surface area (Å²) in [6.07, 6.45) is 0.0183. The highest BCUT2D eigenvalue weighted by atomic mass is 16.6. The van der Waals surface area contributed by atoms with Gasteiger partial charge >= 0.3 is 6.09 Å². The monoisotopic (exact) mass is 353 g/mol. The van der Waals surface area contributed by atoms with Crippen molar-refractivity contribution in [2.45, 2.75) is 32.2 Å². The number of imide groups is 1. The second-order valence-corrected chi connectivity index (χ2v) is 6.63. The fourth-order valence-electron chi connectivity index (χ4n) is 3.26. The zero-order chi connectivity index (χ0) is 18.7. The number of benzene rings is 2. The molecule has 0 spiro atoms. The van der Waals surface area contributed by atoms with Crippen molar-refractivity contribution in [1.82, 2.24) is 4.90 Å². The highest BCUT2D eigenvalue weighted by Gasteiger charge is 2.40. The molecule has 1 aliphatic heterocycles. The van der Waals surface area contributed by atoms with Gasteiger partial charge in [-0.05, 0) is 49.1 Å². The molecule has 2 aromatic rings. The lowest BCUT2D eigenvalue weighted by atomic mass is 9.96. The second-order valence-electron chi connectivity index (χ2n) is 6.63. The van der Waals surface area contributed by atoms with E-state index in [9.17, 15) is 9.59 Å². The van der Waals surface area contributed by atoms with Gasteiger partial charge in [0.15, 0.2) is 0 Å². The molecule has 0 radical (unpaired) electrons. The van der Waals surface area contributed by atoms with Crippen molar-refractivity contribution in [2.24, 2.45) is 0 Å². The summed E-state index contributed by atoms with van der Waals surface area (Å²) in [6, 6.07) is 15.2. The Labute approximate surface area is 153 Å². The number of carbonyl (C=O) groups excluding carboxylic acids is 2. The molecule has 1 aliphatic rings. The molecule has 2 amide bonds. The molecule has 2 atom stereocenters. The number of nitrogens with zero attached hydrogens (tertiary/aromatic N) is 1. The Morgan fingerprint density at radius 3 is 2.69 bits per heavy atom. The van der Waals surface area contributed by atoms with Crippen LogP contribution in [0.25, 0.3) is 0 Å². The molecule has 0 aromatic heterocycles. The van der Waals surface area contributed by atoms with E-state index in [1.54, 1.807) is 7.11 Å². The molecule has 136 valence electrons. The Kier molecular flexibility index (Phi) is 5.26. The van der Waals surface area contributed by atoms with Crippen LogP contribution in [0.2, 0.25) is 0 Å². The third-order valence-electron chi connectivity index (χ3n) is 4.69. The number of hydrogen-bond acceptors (Lipinski definition) is 4. The number of carbonyl (C=O) groups is 2. The number of hydrogen-bond donors (Lipinski definition) is 0. The van der Waals surface area contributed by atoms with Crippen molar-refractivity contribution in [1.29, 1.82) is 0 Å². The first-order valence-corrected chi connectivity index (χ1v) is 8.69. The van der Waals surface area contributed by atoms with Crippen LogP contribution in [0.4, 0.5) is 4.79 Å². The van der Waals surface area contributed by atoms with Gasteiger partial charge in [0.1, 0.15) is 12.4 Å². The Morgan fingerprint density at radius 2 is 2.00 bits per heavy atom. The van der Waals surface area contributed by atoms with Gasteiger partial charge in [-0.2, -0.15) is 0 Å². The number of methoxy groups -OCH3 is 1. The lowest BCUT2D eigenvalue weighted by Gasteiger charge is -2.23. The first-order chi connectivity index (χ1) is 12.5. The standard InChI is InChI=1S/C21H23NO4/c1-14-9-17(12-19(10-14)25-3)15(2)20(23)22-18(13-26-21(22)24)11-16-7-5-4-6-8-16/h4-10,12,15,18H,11,13H2,1-3H3/t15-,18-/m1/s1. The molecule has 0 bridgehead atoms. The maximum absolute atomic E-state index is 13.1. The number of amides is 2. The van der Waals surface area contributed by atoms with Crippen LogP contribution < -0.4 is 4.74 Å². The van der Waals surface area contributed by atoms with Crippen LogP contribution in [0.5, 0.6) is 5.75 Å². The average Bonchev–Trinajstić information content (AvgIpc) is 3.01. The number of ether oxygens (including phenoxy) is 2. The highest BCUT2D eigenvalue weighted by Crippen LogP contribution is 2.27. The van der Waals surface area contributed by atoms with Crippen LogP contribution in [0.15, 0.2) is 48.5 Å². The van der Waals surface area contributed by atoms with Crippen LogP contribution in [0, 0.1) is 6.92 Å². The van der Waals surface area contributed by atoms with E-state index in [1.807, 2.05) is 62.4 Å². The molecular formula is C21H23NO4. The SMILES string of the molecule is COc1cc(C)cc([C@@H](C)C(=O)N2C(=O)OC[C@H]2Cc2ccccc2)c1. The normalized spacial score (nSPS) is 17.7. The van der Waals surface area contributed by atoms with E-state index in [1.165, 1.54) is 4.90 Å². The molecule has 5 nitrogen and oxygen atoms in total. The predicted molar refractivity (Wildman–Crippen MR) is 98.3 cm³/mol. The smallest absolute Gasteiger partial charge is 0.417 e. The first-order valence-electron chi connectivity index (χ1n) is 8.69. The second kappa shape index (κ2) is 7.60. The molecule has 26 heavy (non-hydrogen) atoms. The lowest BCUT2D eigenvalue weighted by Crippen LogP contribution is -2.42. The van der Waals surface area contributed by atoms with Gasteiger partial charge in [0.05, 0.1) is 19.1 Å². The highest BCUT2D eigenvalue weighted by molar-refractivity contribution is 5.97. The molecule has 5 heteroatoms. The van der Waals surface area contributed by atoms with Crippen LogP contribution in [-0.2, 0) is 16.0 Å². The molecular weight excluding hydrogens is 330 g/mol. The van der Waals surface area contributed by atoms with Crippen molar-refractivity contribution in [3.05, 3.63) is 65.2 Å². The molecule has 3 rings (SSSR count). The summed E-state index contributed by atoms with van der Waals surface area (Å²) in [5, 5.41) is 0. The van der Waals surface area contributed by atoms with Crippen LogP contribution in [0.3, 0.4) is 0 Å². The minimum absolute atomic E-state index is 0.226. The van der Waals surface area contributed by atoms with Gasteiger partial charge in [0.2, 0.25) is 5.91 Å². The van der Waals surface area contributed by atoms with E-state index < -0.39 is 12.0 Å². The Bertz CT molecular complexity index is 803. The predicted octanol–water partition coefficient (Wildman–Crippen LogP) is 3.70. The third kappa shape index (κ3) is 3.72. The van der Waals surface area contributed by atoms with Gasteiger partial charge < -0.3 is 9.47 Å². The van der Waals surface area contributed by atoms with Gasteiger partial charge in [-0.15, -0.1) is 0 Å². The van der Waals surface area contributed by atoms with E-state index in [0.717, 1.165) is 16.7 Å². The number of rotatable bonds is 5. The Morgan fingerprint density at radius 1 is 1.27 bits per heavy atom. The lowest BCUT2D eigenvalue weighted by molar-refractivity contribution is -0.130. The summed E-state index contributed by atoms with van der Waals surface area (Å²) in [5.41, 5.74) is 2.90. The fraction of sp³-hybridized carbons (Fsp3) is 0.333. The van der Waals surface area contributed by atoms with E-state index in [-0.39, 0.29) is 18.6 Å². The van der Waals surface area contributed by atoms with Crippen molar-refractivity contribution in [3.63, 3.8) is 0 Å². The first kappa shape index (κ1) is 18.0. The van der Waals surface area contributed by atoms with E-state index in [2.05, 4.69) is 0 Å². The zero-order valence-corrected chi connectivity index (χ0v) is 15.3. The molecule has 0 aliphatic carbocycles. The minimum atomic E-state index is -0.567. The Balaban J connectivity index is 1.82. The van der Waals surface area contributed by atoms with E-state index in [0.29, 0.717) is 12.2 Å². The molecule has 0 N–H and O–H groups in total. The summed E-state index contributed by atoms with van der Waals surface area (Å²) in [6.45, 7) is 3.98. The third-order valence-corrected chi connectivity index (χ3v) is 4.69. The topological polar surface area (TPSA) is 55.8 Å². The molecule has 1 fully saturated rings. The van der Waals surface area contributed by atoms with Crippen molar-refractivity contribution in [3.8, 4) is 5.75 Å². The van der Waals surface area contributed by atoms with Gasteiger partial charge in [0, 0.05) is 0 Å². The molecule has 1 saturated heterocycles. The van der Waals surface area contributed by atoms with Gasteiger partial charge in [-0.1, -0.05) is 36.4 Å². The van der Waals surface area contributed by atoms with Gasteiger partial charge in [0.25, 0.3) is 0 Å². The van der Waals surface area contributed by atoms with Crippen molar-refractivity contribution in [2.75, 3.05) is 13.7 Å². The van der Waals surface area contributed by atoms with Crippen molar-refractivity contribution < 1.29 is 19.1 Å². The number of cyclic esters (lactones) is 1. The van der Waals surface area contributed by atoms with Crippen LogP contribution in [0.1, 0.15) is 29.5 Å². The van der Waals surface area contributed by atoms with Gasteiger partial charge in [-0.25, -0.2) is 9.69 Å².